The van der Waals surface area contributed by atoms with E-state index in [4.69, 9.17) is 28.7 Å². The van der Waals surface area contributed by atoms with Crippen molar-refractivity contribution in [1.82, 2.24) is 0 Å². The van der Waals surface area contributed by atoms with Gasteiger partial charge in [0.25, 0.3) is 0 Å². The average molecular weight is 446 g/mol. The third-order valence-corrected chi connectivity index (χ3v) is 6.59. The minimum atomic E-state index is -4.82. The Morgan fingerprint density at radius 2 is 1.11 bits per heavy atom. The number of carboxylic acid groups (broad SMARTS) is 2. The molecule has 0 aliphatic heterocycles. The van der Waals surface area contributed by atoms with Gasteiger partial charge in [-0.15, -0.1) is 0 Å². The van der Waals surface area contributed by atoms with Crippen molar-refractivity contribution >= 4 is 27.1 Å². The highest BCUT2D eigenvalue weighted by atomic mass is 31.2. The van der Waals surface area contributed by atoms with Crippen molar-refractivity contribution in [1.29, 1.82) is 0 Å². The monoisotopic (exact) mass is 446 g/mol. The summed E-state index contributed by atoms with van der Waals surface area (Å²) in [6.45, 7) is 6.85. The lowest BCUT2D eigenvalue weighted by Crippen LogP contribution is -2.35. The first-order chi connectivity index (χ1) is 12.8. The van der Waals surface area contributed by atoms with Crippen LogP contribution in [0.15, 0.2) is 24.3 Å². The molecule has 0 saturated carbocycles. The smallest absolute Gasteiger partial charge is 0.360 e. The summed E-state index contributed by atoms with van der Waals surface area (Å²) >= 11 is 0. The summed E-state index contributed by atoms with van der Waals surface area (Å²) in [7, 11) is -9.64. The van der Waals surface area contributed by atoms with Gasteiger partial charge >= 0.3 is 27.1 Å². The lowest BCUT2D eigenvalue weighted by Gasteiger charge is -2.31. The van der Waals surface area contributed by atoms with Crippen LogP contribution in [0.4, 0.5) is 0 Å². The predicted octanol–water partition coefficient (Wildman–Crippen LogP) is 1.40. The molecule has 0 saturated heterocycles. The van der Waals surface area contributed by atoms with Gasteiger partial charge in [-0.1, -0.05) is 13.2 Å². The number of rotatable bonds is 15. The van der Waals surface area contributed by atoms with Crippen molar-refractivity contribution in [2.75, 3.05) is 26.4 Å². The number of hydrogen-bond acceptors (Lipinski definition) is 8. The molecule has 0 aliphatic carbocycles. The molecule has 0 aromatic carbocycles. The van der Waals surface area contributed by atoms with Crippen LogP contribution in [0.1, 0.15) is 13.8 Å². The van der Waals surface area contributed by atoms with E-state index in [1.54, 1.807) is 0 Å². The molecule has 0 spiro atoms. The molecule has 0 radical (unpaired) electrons. The van der Waals surface area contributed by atoms with E-state index in [9.17, 15) is 28.5 Å². The first-order valence-electron chi connectivity index (χ1n) is 7.79. The van der Waals surface area contributed by atoms with Gasteiger partial charge in [0, 0.05) is 0 Å². The second-order valence-corrected chi connectivity index (χ2v) is 8.98. The molecule has 162 valence electrons. The Morgan fingerprint density at radius 1 is 0.821 bits per heavy atom. The van der Waals surface area contributed by atoms with Gasteiger partial charge in [-0.05, 0) is 13.8 Å². The number of aliphatic carboxylic acids is 2. The van der Waals surface area contributed by atoms with Crippen molar-refractivity contribution in [3.63, 3.8) is 0 Å². The Hall–Kier alpha value is -1.36. The number of carbonyl (C=O) groups is 2. The van der Waals surface area contributed by atoms with Gasteiger partial charge < -0.3 is 38.5 Å². The fourth-order valence-electron chi connectivity index (χ4n) is 1.69. The van der Waals surface area contributed by atoms with Crippen LogP contribution in [0.2, 0.25) is 0 Å². The molecule has 0 heterocycles. The number of carboxylic acids is 2. The summed E-state index contributed by atoms with van der Waals surface area (Å²) in [5, 5.41) is 17.7. The summed E-state index contributed by atoms with van der Waals surface area (Å²) < 4.78 is 44.4. The first kappa shape index (κ1) is 26.6. The first-order valence-corrected chi connectivity index (χ1v) is 11.1. The molecule has 28 heavy (non-hydrogen) atoms. The Balaban J connectivity index is 5.95. The predicted molar refractivity (Wildman–Crippen MR) is 95.9 cm³/mol. The maximum Gasteiger partial charge on any atom is 0.360 e. The Bertz CT molecular complexity index is 630. The molecule has 0 fully saturated rings. The van der Waals surface area contributed by atoms with Crippen molar-refractivity contribution in [3.05, 3.63) is 24.3 Å². The molecule has 4 atom stereocenters. The molecule has 0 aromatic rings. The lowest BCUT2D eigenvalue weighted by atomic mass is 10.3. The van der Waals surface area contributed by atoms with Crippen LogP contribution >= 0.6 is 15.2 Å². The van der Waals surface area contributed by atoms with Gasteiger partial charge in [0.15, 0.2) is 11.7 Å². The molecule has 12 nitrogen and oxygen atoms in total. The summed E-state index contributed by atoms with van der Waals surface area (Å²) in [6.07, 6.45) is 0. The minimum Gasteiger partial charge on any atom is -0.478 e. The molecule has 4 N–H and O–H groups in total. The van der Waals surface area contributed by atoms with Crippen molar-refractivity contribution in [3.8, 4) is 0 Å². The van der Waals surface area contributed by atoms with E-state index in [0.717, 1.165) is 0 Å². The average Bonchev–Trinajstić information content (AvgIpc) is 2.56. The second-order valence-electron chi connectivity index (χ2n) is 5.18. The van der Waals surface area contributed by atoms with E-state index in [1.165, 1.54) is 13.8 Å². The van der Waals surface area contributed by atoms with Gasteiger partial charge in [-0.2, -0.15) is 0 Å². The summed E-state index contributed by atoms with van der Waals surface area (Å²) in [5.41, 5.74) is -1.06. The van der Waals surface area contributed by atoms with E-state index in [-0.39, 0.29) is 13.2 Å². The fraction of sp³-hybridized carbons (Fsp3) is 0.571. The van der Waals surface area contributed by atoms with E-state index >= 15 is 0 Å². The molecular weight excluding hydrogens is 422 g/mol. The minimum absolute atomic E-state index is 0.299. The topological polar surface area (TPSA) is 186 Å². The molecule has 0 bridgehead atoms. The van der Waals surface area contributed by atoms with E-state index in [1.807, 2.05) is 0 Å². The van der Waals surface area contributed by atoms with Crippen LogP contribution in [-0.2, 0) is 37.2 Å². The standard InChI is InChI=1S/C14H24O12P2/c1-5-25-27(19,20)13(23-7-9(3)11(15)16)14(28(21,22)26-6-2)24-8-10(4)12(17)18/h13-14H,3-8H2,1-2H3,(H,15,16)(H,17,18)(H,19,20)(H,21,22). The van der Waals surface area contributed by atoms with Gasteiger partial charge in [0.1, 0.15) is 0 Å². The zero-order valence-electron chi connectivity index (χ0n) is 15.3. The number of hydrogen-bond donors (Lipinski definition) is 4. The fourth-order valence-corrected chi connectivity index (χ4v) is 5.07. The van der Waals surface area contributed by atoms with Crippen molar-refractivity contribution in [2.45, 2.75) is 25.5 Å². The Labute approximate surface area is 161 Å². The molecule has 14 heteroatoms. The largest absolute Gasteiger partial charge is 0.478 e. The highest BCUT2D eigenvalue weighted by Gasteiger charge is 2.50. The van der Waals surface area contributed by atoms with Crippen LogP contribution in [0.5, 0.6) is 0 Å². The van der Waals surface area contributed by atoms with E-state index in [0.29, 0.717) is 0 Å². The normalized spacial score (nSPS) is 17.7. The van der Waals surface area contributed by atoms with Gasteiger partial charge in [0.05, 0.1) is 37.6 Å². The van der Waals surface area contributed by atoms with Crippen LogP contribution in [-0.4, -0.2) is 70.1 Å². The molecule has 4 unspecified atom stereocenters. The molecule has 0 rings (SSSR count). The lowest BCUT2D eigenvalue weighted by molar-refractivity contribution is -0.135. The van der Waals surface area contributed by atoms with E-state index in [2.05, 4.69) is 13.2 Å². The zero-order valence-corrected chi connectivity index (χ0v) is 17.1. The molecule has 0 aliphatic rings. The van der Waals surface area contributed by atoms with Gasteiger partial charge in [-0.3, -0.25) is 9.13 Å². The third-order valence-electron chi connectivity index (χ3n) is 2.98. The van der Waals surface area contributed by atoms with Crippen LogP contribution in [0.3, 0.4) is 0 Å². The highest BCUT2D eigenvalue weighted by Crippen LogP contribution is 2.60. The van der Waals surface area contributed by atoms with E-state index < -0.39 is 63.2 Å². The molecular formula is C14H24O12P2. The van der Waals surface area contributed by atoms with Crippen molar-refractivity contribution in [2.24, 2.45) is 0 Å². The van der Waals surface area contributed by atoms with Crippen LogP contribution < -0.4 is 0 Å². The summed E-state index contributed by atoms with van der Waals surface area (Å²) in [5.74, 6) is -7.33. The SMILES string of the molecule is C=C(COC(C(OCC(=C)C(=O)O)P(=O)(O)OCC)P(=O)(O)OCC)C(=O)O. The quantitative estimate of drug-likeness (QED) is 0.209. The molecule has 0 amide bonds. The zero-order chi connectivity index (χ0) is 22.1. The van der Waals surface area contributed by atoms with Crippen LogP contribution in [0, 0.1) is 0 Å². The number of ether oxygens (including phenoxy) is 2. The highest BCUT2D eigenvalue weighted by molar-refractivity contribution is 7.58. The maximum absolute atomic E-state index is 12.5. The Kier molecular flexibility index (Phi) is 11.0. The Morgan fingerprint density at radius 3 is 1.32 bits per heavy atom. The van der Waals surface area contributed by atoms with Crippen LogP contribution in [0.25, 0.3) is 0 Å². The third kappa shape index (κ3) is 8.34. The summed E-state index contributed by atoms with van der Waals surface area (Å²) in [6, 6.07) is 0. The van der Waals surface area contributed by atoms with Gasteiger partial charge in [0.2, 0.25) is 0 Å². The van der Waals surface area contributed by atoms with Gasteiger partial charge in [-0.25, -0.2) is 9.59 Å². The summed E-state index contributed by atoms with van der Waals surface area (Å²) in [4.78, 5) is 42.0. The van der Waals surface area contributed by atoms with Crippen molar-refractivity contribution < 1.29 is 57.2 Å². The second kappa shape index (κ2) is 11.6. The molecule has 0 aromatic heterocycles. The maximum atomic E-state index is 12.5.